The Bertz CT molecular complexity index is 1410. The van der Waals surface area contributed by atoms with Gasteiger partial charge in [0.25, 0.3) is 11.5 Å². The van der Waals surface area contributed by atoms with Crippen molar-refractivity contribution in [3.8, 4) is 17.5 Å². The number of carbonyl (C=O) groups is 1. The number of hydrogen-bond donors (Lipinski definition) is 3. The van der Waals surface area contributed by atoms with Crippen LogP contribution >= 0.6 is 0 Å². The van der Waals surface area contributed by atoms with Crippen LogP contribution in [0.5, 0.6) is 5.75 Å². The van der Waals surface area contributed by atoms with Gasteiger partial charge in [-0.3, -0.25) is 14.2 Å². The Hall–Kier alpha value is -4.51. The Morgan fingerprint density at radius 1 is 1.12 bits per heavy atom. The summed E-state index contributed by atoms with van der Waals surface area (Å²) in [5, 5.41) is 12.6. The lowest BCUT2D eigenvalue weighted by Crippen LogP contribution is -2.18. The molecule has 8 nitrogen and oxygen atoms in total. The largest absolute Gasteiger partial charge is 0.491 e. The third kappa shape index (κ3) is 4.04. The molecule has 160 valence electrons. The number of hydrogen-bond acceptors (Lipinski definition) is 5. The lowest BCUT2D eigenvalue weighted by Gasteiger charge is -2.11. The van der Waals surface area contributed by atoms with E-state index in [4.69, 9.17) is 15.7 Å². The molecule has 8 heteroatoms. The van der Waals surface area contributed by atoms with E-state index in [1.54, 1.807) is 48.5 Å². The van der Waals surface area contributed by atoms with Crippen LogP contribution in [0, 0.1) is 11.3 Å². The molecule has 0 radical (unpaired) electrons. The van der Waals surface area contributed by atoms with Crippen LogP contribution in [0.4, 0.5) is 11.4 Å². The molecule has 0 atom stereocenters. The number of nitrogens with two attached hydrogens (primary N) is 1. The van der Waals surface area contributed by atoms with Crippen molar-refractivity contribution in [3.63, 3.8) is 0 Å². The van der Waals surface area contributed by atoms with E-state index in [0.717, 1.165) is 0 Å². The Labute approximate surface area is 183 Å². The number of nitrogens with one attached hydrogen (secondary N) is 2. The van der Waals surface area contributed by atoms with Gasteiger partial charge in [-0.05, 0) is 68.4 Å². The number of nitrogen functional groups attached to an aromatic ring is 1. The van der Waals surface area contributed by atoms with E-state index in [1.807, 2.05) is 19.9 Å². The van der Waals surface area contributed by atoms with Crippen LogP contribution in [0.15, 0.2) is 65.5 Å². The molecule has 32 heavy (non-hydrogen) atoms. The third-order valence-electron chi connectivity index (χ3n) is 4.82. The van der Waals surface area contributed by atoms with Gasteiger partial charge in [-0.2, -0.15) is 5.26 Å². The number of aromatic amines is 1. The van der Waals surface area contributed by atoms with Crippen LogP contribution in [-0.4, -0.2) is 21.6 Å². The van der Waals surface area contributed by atoms with Gasteiger partial charge in [-0.25, -0.2) is 0 Å². The number of anilines is 2. The van der Waals surface area contributed by atoms with Crippen molar-refractivity contribution >= 4 is 28.3 Å². The summed E-state index contributed by atoms with van der Waals surface area (Å²) < 4.78 is 7.16. The third-order valence-corrected chi connectivity index (χ3v) is 4.82. The average Bonchev–Trinajstić information content (AvgIpc) is 3.20. The summed E-state index contributed by atoms with van der Waals surface area (Å²) in [7, 11) is 0. The van der Waals surface area contributed by atoms with E-state index >= 15 is 0 Å². The standard InChI is InChI=1S/C24H21N5O3/c1-14(2)32-19-7-5-18(6-8-19)29-22(30)10-3-15-12-21(28-23(15)29)24(31)27-17-4-9-20(26)16(11-17)13-25/h3-12,14,28H,26H2,1-2H3,(H,27,31). The molecule has 0 bridgehead atoms. The van der Waals surface area contributed by atoms with E-state index < -0.39 is 5.91 Å². The molecule has 0 aliphatic heterocycles. The normalized spacial score (nSPS) is 10.8. The number of carbonyl (C=O) groups excluding carboxylic acids is 1. The van der Waals surface area contributed by atoms with E-state index in [0.29, 0.717) is 33.8 Å². The predicted octanol–water partition coefficient (Wildman–Crippen LogP) is 3.81. The summed E-state index contributed by atoms with van der Waals surface area (Å²) in [4.78, 5) is 28.5. The second-order valence-corrected chi connectivity index (χ2v) is 7.52. The molecular weight excluding hydrogens is 406 g/mol. The highest BCUT2D eigenvalue weighted by Gasteiger charge is 2.14. The first-order valence-electron chi connectivity index (χ1n) is 9.98. The molecule has 0 aliphatic carbocycles. The molecule has 2 heterocycles. The summed E-state index contributed by atoms with van der Waals surface area (Å²) in [5.74, 6) is 0.297. The quantitative estimate of drug-likeness (QED) is 0.418. The second-order valence-electron chi connectivity index (χ2n) is 7.52. The van der Waals surface area contributed by atoms with Gasteiger partial charge in [0.05, 0.1) is 17.4 Å². The first-order valence-corrected chi connectivity index (χ1v) is 9.98. The smallest absolute Gasteiger partial charge is 0.272 e. The summed E-state index contributed by atoms with van der Waals surface area (Å²) in [6.07, 6.45) is 0.0433. The Morgan fingerprint density at radius 3 is 2.56 bits per heavy atom. The molecule has 4 aromatic rings. The van der Waals surface area contributed by atoms with Crippen molar-refractivity contribution < 1.29 is 9.53 Å². The van der Waals surface area contributed by atoms with Crippen LogP contribution in [0.1, 0.15) is 29.9 Å². The first-order chi connectivity index (χ1) is 15.4. The van der Waals surface area contributed by atoms with Crippen molar-refractivity contribution in [1.82, 2.24) is 9.55 Å². The maximum atomic E-state index is 12.8. The molecule has 0 unspecified atom stereocenters. The Morgan fingerprint density at radius 2 is 1.88 bits per heavy atom. The first kappa shape index (κ1) is 20.8. The SMILES string of the molecule is CC(C)Oc1ccc(-n2c(=O)ccc3cc(C(=O)Nc4ccc(N)c(C#N)c4)[nH]c32)cc1. The van der Waals surface area contributed by atoms with E-state index in [1.165, 1.54) is 16.7 Å². The zero-order chi connectivity index (χ0) is 22.8. The number of rotatable bonds is 5. The van der Waals surface area contributed by atoms with Gasteiger partial charge in [0.1, 0.15) is 23.2 Å². The number of ether oxygens (including phenoxy) is 1. The van der Waals surface area contributed by atoms with Gasteiger partial charge in [0, 0.05) is 22.8 Å². The maximum absolute atomic E-state index is 12.8. The summed E-state index contributed by atoms with van der Waals surface area (Å²) in [5.41, 5.74) is 7.96. The number of aromatic nitrogens is 2. The molecule has 2 aromatic heterocycles. The number of fused-ring (bicyclic) bond motifs is 1. The molecule has 0 saturated carbocycles. The van der Waals surface area contributed by atoms with Gasteiger partial charge < -0.3 is 20.8 Å². The van der Waals surface area contributed by atoms with Crippen LogP contribution in [-0.2, 0) is 0 Å². The molecule has 0 aliphatic rings. The van der Waals surface area contributed by atoms with Gasteiger partial charge in [0.15, 0.2) is 0 Å². The highest BCUT2D eigenvalue weighted by atomic mass is 16.5. The molecule has 2 aromatic carbocycles. The van der Waals surface area contributed by atoms with E-state index in [2.05, 4.69) is 10.3 Å². The lowest BCUT2D eigenvalue weighted by molar-refractivity contribution is 0.102. The minimum atomic E-state index is -0.408. The molecule has 0 saturated heterocycles. The fraction of sp³-hybridized carbons (Fsp3) is 0.125. The molecular formula is C24H21N5O3. The van der Waals surface area contributed by atoms with Crippen molar-refractivity contribution in [2.45, 2.75) is 20.0 Å². The molecule has 4 N–H and O–H groups in total. The Kier molecular flexibility index (Phi) is 5.39. The fourth-order valence-corrected chi connectivity index (χ4v) is 3.37. The van der Waals surface area contributed by atoms with Crippen molar-refractivity contribution in [2.75, 3.05) is 11.1 Å². The molecule has 4 rings (SSSR count). The van der Waals surface area contributed by atoms with E-state index in [9.17, 15) is 9.59 Å². The zero-order valence-electron chi connectivity index (χ0n) is 17.5. The number of H-pyrrole nitrogens is 1. The van der Waals surface area contributed by atoms with Crippen molar-refractivity contribution in [1.29, 1.82) is 5.26 Å². The number of pyridine rings is 1. The summed E-state index contributed by atoms with van der Waals surface area (Å²) >= 11 is 0. The van der Waals surface area contributed by atoms with Crippen LogP contribution in [0.3, 0.4) is 0 Å². The topological polar surface area (TPSA) is 126 Å². The van der Waals surface area contributed by atoms with Crippen LogP contribution in [0.2, 0.25) is 0 Å². The number of benzene rings is 2. The number of nitrogens with zero attached hydrogens (tertiary/aromatic N) is 2. The zero-order valence-corrected chi connectivity index (χ0v) is 17.5. The Balaban J connectivity index is 1.68. The minimum absolute atomic E-state index is 0.0433. The second kappa shape index (κ2) is 8.32. The van der Waals surface area contributed by atoms with Gasteiger partial charge in [-0.15, -0.1) is 0 Å². The summed E-state index contributed by atoms with van der Waals surface area (Å²) in [6.45, 7) is 3.88. The predicted molar refractivity (Wildman–Crippen MR) is 123 cm³/mol. The van der Waals surface area contributed by atoms with Crippen molar-refractivity contribution in [3.05, 3.63) is 82.3 Å². The molecule has 1 amide bonds. The van der Waals surface area contributed by atoms with Crippen molar-refractivity contribution in [2.24, 2.45) is 0 Å². The summed E-state index contributed by atoms with van der Waals surface area (Å²) in [6, 6.07) is 18.6. The fourth-order valence-electron chi connectivity index (χ4n) is 3.37. The molecule has 0 spiro atoms. The van der Waals surface area contributed by atoms with Gasteiger partial charge in [0.2, 0.25) is 0 Å². The highest BCUT2D eigenvalue weighted by Crippen LogP contribution is 2.22. The van der Waals surface area contributed by atoms with Gasteiger partial charge in [-0.1, -0.05) is 0 Å². The average molecular weight is 427 g/mol. The molecule has 0 fully saturated rings. The lowest BCUT2D eigenvalue weighted by atomic mass is 10.2. The monoisotopic (exact) mass is 427 g/mol. The highest BCUT2D eigenvalue weighted by molar-refractivity contribution is 6.05. The van der Waals surface area contributed by atoms with E-state index in [-0.39, 0.29) is 22.9 Å². The van der Waals surface area contributed by atoms with Crippen LogP contribution < -0.4 is 21.3 Å². The van der Waals surface area contributed by atoms with Gasteiger partial charge >= 0.3 is 0 Å². The van der Waals surface area contributed by atoms with Crippen LogP contribution in [0.25, 0.3) is 16.7 Å². The number of amides is 1. The maximum Gasteiger partial charge on any atom is 0.272 e. The minimum Gasteiger partial charge on any atom is -0.491 e. The number of nitriles is 1.